The van der Waals surface area contributed by atoms with Gasteiger partial charge in [0.25, 0.3) is 0 Å². The normalized spacial score (nSPS) is 9.77. The molecule has 0 aliphatic rings. The smallest absolute Gasteiger partial charge is 0.224 e. The van der Waals surface area contributed by atoms with Crippen molar-refractivity contribution < 1.29 is 4.79 Å². The molecular weight excluding hydrogens is 186 g/mol. The lowest BCUT2D eigenvalue weighted by Crippen LogP contribution is -2.09. The number of rotatable bonds is 2. The number of anilines is 1. The molecule has 0 bridgehead atoms. The van der Waals surface area contributed by atoms with Gasteiger partial charge in [0, 0.05) is 17.1 Å². The van der Waals surface area contributed by atoms with Crippen LogP contribution in [0.3, 0.4) is 0 Å². The Labute approximate surface area is 82.9 Å². The molecule has 0 heterocycles. The molecular formula is C10H12ClNO. The van der Waals surface area contributed by atoms with Gasteiger partial charge in [-0.15, -0.1) is 0 Å². The van der Waals surface area contributed by atoms with Crippen LogP contribution in [0.2, 0.25) is 5.02 Å². The second-order valence-electron chi connectivity index (χ2n) is 2.87. The van der Waals surface area contributed by atoms with Crippen molar-refractivity contribution in [3.8, 4) is 0 Å². The monoisotopic (exact) mass is 197 g/mol. The first kappa shape index (κ1) is 10.1. The molecule has 0 aromatic heterocycles. The molecule has 0 fully saturated rings. The van der Waals surface area contributed by atoms with Gasteiger partial charge in [0.15, 0.2) is 0 Å². The van der Waals surface area contributed by atoms with Crippen LogP contribution >= 0.6 is 11.6 Å². The standard InChI is InChI=1S/C10H12ClNO/c1-3-10(13)12-8-4-5-9(11)7(2)6-8/h4-6H,3H2,1-2H3,(H,12,13). The van der Waals surface area contributed by atoms with E-state index in [2.05, 4.69) is 5.32 Å². The van der Waals surface area contributed by atoms with E-state index in [1.807, 2.05) is 19.9 Å². The van der Waals surface area contributed by atoms with Gasteiger partial charge in [0.05, 0.1) is 0 Å². The number of nitrogens with one attached hydrogen (secondary N) is 1. The highest BCUT2D eigenvalue weighted by Gasteiger charge is 2.00. The minimum absolute atomic E-state index is 0.0155. The molecule has 1 aromatic rings. The molecule has 13 heavy (non-hydrogen) atoms. The zero-order chi connectivity index (χ0) is 9.84. The highest BCUT2D eigenvalue weighted by molar-refractivity contribution is 6.31. The average Bonchev–Trinajstić information content (AvgIpc) is 2.11. The first-order chi connectivity index (χ1) is 6.13. The Morgan fingerprint density at radius 3 is 2.77 bits per heavy atom. The highest BCUT2D eigenvalue weighted by atomic mass is 35.5. The van der Waals surface area contributed by atoms with Crippen LogP contribution in [0.4, 0.5) is 5.69 Å². The number of halogens is 1. The summed E-state index contributed by atoms with van der Waals surface area (Å²) in [5.41, 5.74) is 1.77. The van der Waals surface area contributed by atoms with Gasteiger partial charge in [0.1, 0.15) is 0 Å². The average molecular weight is 198 g/mol. The second kappa shape index (κ2) is 4.28. The second-order valence-corrected chi connectivity index (χ2v) is 3.27. The van der Waals surface area contributed by atoms with Crippen LogP contribution in [-0.4, -0.2) is 5.91 Å². The van der Waals surface area contributed by atoms with Crippen LogP contribution in [0.15, 0.2) is 18.2 Å². The summed E-state index contributed by atoms with van der Waals surface area (Å²) in [4.78, 5) is 11.0. The molecule has 2 nitrogen and oxygen atoms in total. The maximum absolute atomic E-state index is 11.0. The Bertz CT molecular complexity index is 323. The zero-order valence-electron chi connectivity index (χ0n) is 7.73. The molecule has 1 rings (SSSR count). The van der Waals surface area contributed by atoms with Crippen molar-refractivity contribution in [1.29, 1.82) is 0 Å². The van der Waals surface area contributed by atoms with Crippen LogP contribution in [-0.2, 0) is 4.79 Å². The summed E-state index contributed by atoms with van der Waals surface area (Å²) in [6.45, 7) is 3.72. The Morgan fingerprint density at radius 1 is 1.54 bits per heavy atom. The number of amides is 1. The summed E-state index contributed by atoms with van der Waals surface area (Å²) in [5, 5.41) is 3.48. The van der Waals surface area contributed by atoms with Crippen molar-refractivity contribution in [2.75, 3.05) is 5.32 Å². The summed E-state index contributed by atoms with van der Waals surface area (Å²) in [6, 6.07) is 5.43. The van der Waals surface area contributed by atoms with E-state index in [9.17, 15) is 4.79 Å². The van der Waals surface area contributed by atoms with Crippen molar-refractivity contribution in [1.82, 2.24) is 0 Å². The molecule has 70 valence electrons. The molecule has 0 atom stereocenters. The van der Waals surface area contributed by atoms with Crippen molar-refractivity contribution in [2.45, 2.75) is 20.3 Å². The van der Waals surface area contributed by atoms with E-state index in [0.29, 0.717) is 6.42 Å². The van der Waals surface area contributed by atoms with Gasteiger partial charge in [-0.25, -0.2) is 0 Å². The summed E-state index contributed by atoms with van der Waals surface area (Å²) in [5.74, 6) is 0.0155. The van der Waals surface area contributed by atoms with E-state index in [4.69, 9.17) is 11.6 Å². The SMILES string of the molecule is CCC(=O)Nc1ccc(Cl)c(C)c1. The maximum Gasteiger partial charge on any atom is 0.224 e. The largest absolute Gasteiger partial charge is 0.326 e. The molecule has 3 heteroatoms. The summed E-state index contributed by atoms with van der Waals surface area (Å²) in [7, 11) is 0. The van der Waals surface area contributed by atoms with Gasteiger partial charge >= 0.3 is 0 Å². The predicted molar refractivity (Wildman–Crippen MR) is 55.1 cm³/mol. The Balaban J connectivity index is 2.79. The van der Waals surface area contributed by atoms with E-state index in [1.54, 1.807) is 12.1 Å². The lowest BCUT2D eigenvalue weighted by atomic mass is 10.2. The topological polar surface area (TPSA) is 29.1 Å². The lowest BCUT2D eigenvalue weighted by molar-refractivity contribution is -0.115. The quantitative estimate of drug-likeness (QED) is 0.776. The van der Waals surface area contributed by atoms with Crippen molar-refractivity contribution in [3.05, 3.63) is 28.8 Å². The van der Waals surface area contributed by atoms with Crippen molar-refractivity contribution in [2.24, 2.45) is 0 Å². The number of carbonyl (C=O) groups is 1. The number of carbonyl (C=O) groups excluding carboxylic acids is 1. The summed E-state index contributed by atoms with van der Waals surface area (Å²) < 4.78 is 0. The van der Waals surface area contributed by atoms with Crippen LogP contribution < -0.4 is 5.32 Å². The fraction of sp³-hybridized carbons (Fsp3) is 0.300. The minimum atomic E-state index is 0.0155. The van der Waals surface area contributed by atoms with Crippen molar-refractivity contribution >= 4 is 23.2 Å². The van der Waals surface area contributed by atoms with Gasteiger partial charge in [-0.1, -0.05) is 18.5 Å². The molecule has 0 aliphatic heterocycles. The fourth-order valence-electron chi connectivity index (χ4n) is 0.972. The van der Waals surface area contributed by atoms with E-state index >= 15 is 0 Å². The van der Waals surface area contributed by atoms with E-state index in [1.165, 1.54) is 0 Å². The van der Waals surface area contributed by atoms with Crippen LogP contribution in [0.1, 0.15) is 18.9 Å². The first-order valence-corrected chi connectivity index (χ1v) is 4.57. The molecule has 0 unspecified atom stereocenters. The lowest BCUT2D eigenvalue weighted by Gasteiger charge is -2.05. The predicted octanol–water partition coefficient (Wildman–Crippen LogP) is 3.00. The highest BCUT2D eigenvalue weighted by Crippen LogP contribution is 2.19. The summed E-state index contributed by atoms with van der Waals surface area (Å²) >= 11 is 5.84. The third kappa shape index (κ3) is 2.74. The maximum atomic E-state index is 11.0. The Hall–Kier alpha value is -1.02. The molecule has 0 spiro atoms. The van der Waals surface area contributed by atoms with Gasteiger partial charge < -0.3 is 5.32 Å². The number of hydrogen-bond acceptors (Lipinski definition) is 1. The minimum Gasteiger partial charge on any atom is -0.326 e. The van der Waals surface area contributed by atoms with Crippen LogP contribution in [0, 0.1) is 6.92 Å². The van der Waals surface area contributed by atoms with Gasteiger partial charge in [0.2, 0.25) is 5.91 Å². The van der Waals surface area contributed by atoms with Gasteiger partial charge in [-0.2, -0.15) is 0 Å². The zero-order valence-corrected chi connectivity index (χ0v) is 8.48. The van der Waals surface area contributed by atoms with E-state index < -0.39 is 0 Å². The van der Waals surface area contributed by atoms with E-state index in [-0.39, 0.29) is 5.91 Å². The van der Waals surface area contributed by atoms with Crippen LogP contribution in [0.25, 0.3) is 0 Å². The Morgan fingerprint density at radius 2 is 2.23 bits per heavy atom. The summed E-state index contributed by atoms with van der Waals surface area (Å²) in [6.07, 6.45) is 0.488. The van der Waals surface area contributed by atoms with Gasteiger partial charge in [-0.3, -0.25) is 4.79 Å². The van der Waals surface area contributed by atoms with Crippen LogP contribution in [0.5, 0.6) is 0 Å². The Kier molecular flexibility index (Phi) is 3.32. The third-order valence-electron chi connectivity index (χ3n) is 1.76. The molecule has 0 saturated heterocycles. The molecule has 1 amide bonds. The molecule has 0 radical (unpaired) electrons. The first-order valence-electron chi connectivity index (χ1n) is 4.19. The molecule has 1 N–H and O–H groups in total. The molecule has 0 aliphatic carbocycles. The third-order valence-corrected chi connectivity index (χ3v) is 2.19. The fourth-order valence-corrected chi connectivity index (χ4v) is 1.09. The van der Waals surface area contributed by atoms with Gasteiger partial charge in [-0.05, 0) is 30.7 Å². The molecule has 0 saturated carbocycles. The number of benzene rings is 1. The number of aryl methyl sites for hydroxylation is 1. The van der Waals surface area contributed by atoms with Crippen molar-refractivity contribution in [3.63, 3.8) is 0 Å². The number of hydrogen-bond donors (Lipinski definition) is 1. The van der Waals surface area contributed by atoms with E-state index in [0.717, 1.165) is 16.3 Å². The molecule has 1 aromatic carbocycles.